The van der Waals surface area contributed by atoms with Crippen LogP contribution < -0.4 is 0 Å². The van der Waals surface area contributed by atoms with Crippen LogP contribution in [-0.4, -0.2) is 51.3 Å². The zero-order chi connectivity index (χ0) is 28.8. The van der Waals surface area contributed by atoms with E-state index in [1.165, 1.54) is 17.4 Å². The zero-order valence-corrected chi connectivity index (χ0v) is 23.6. The number of hydrogen-bond donors (Lipinski definition) is 1. The van der Waals surface area contributed by atoms with Gasteiger partial charge in [-0.15, -0.1) is 0 Å². The first-order valence-corrected chi connectivity index (χ1v) is 14.4. The first-order valence-electron chi connectivity index (χ1n) is 13.0. The van der Waals surface area contributed by atoms with Crippen LogP contribution in [0.3, 0.4) is 0 Å². The number of amides is 1. The van der Waals surface area contributed by atoms with E-state index in [9.17, 15) is 23.1 Å². The van der Waals surface area contributed by atoms with Crippen molar-refractivity contribution in [2.24, 2.45) is 0 Å². The normalized spacial score (nSPS) is 16.1. The molecule has 1 atom stereocenters. The van der Waals surface area contributed by atoms with Crippen molar-refractivity contribution in [2.45, 2.75) is 63.4 Å². The molecule has 1 N–H and O–H groups in total. The van der Waals surface area contributed by atoms with Gasteiger partial charge >= 0.3 is 6.09 Å². The fourth-order valence-corrected chi connectivity index (χ4v) is 6.78. The number of rotatable bonds is 6. The van der Waals surface area contributed by atoms with Gasteiger partial charge in [0.1, 0.15) is 12.0 Å². The maximum Gasteiger partial charge on any atom is 0.407 e. The number of aldehydes is 1. The summed E-state index contributed by atoms with van der Waals surface area (Å²) in [6, 6.07) is 9.69. The second kappa shape index (κ2) is 10.1. The van der Waals surface area contributed by atoms with Crippen LogP contribution in [-0.2, 0) is 10.0 Å². The highest BCUT2D eigenvalue weighted by Gasteiger charge is 2.35. The smallest absolute Gasteiger partial charge is 0.407 e. The summed E-state index contributed by atoms with van der Waals surface area (Å²) in [5.74, 6) is 0.328. The van der Waals surface area contributed by atoms with Crippen LogP contribution in [0.15, 0.2) is 70.4 Å². The molecular weight excluding hydrogens is 530 g/mol. The van der Waals surface area contributed by atoms with Gasteiger partial charge in [0.05, 0.1) is 10.5 Å². The first kappa shape index (κ1) is 27.4. The number of nitrogens with zero attached hydrogens (tertiary/aromatic N) is 3. The predicted molar refractivity (Wildman–Crippen MR) is 152 cm³/mol. The molecule has 0 radical (unpaired) electrons. The summed E-state index contributed by atoms with van der Waals surface area (Å²) in [4.78, 5) is 29.7. The van der Waals surface area contributed by atoms with Gasteiger partial charge in [0.25, 0.3) is 10.0 Å². The quantitative estimate of drug-likeness (QED) is 0.271. The number of furan rings is 1. The van der Waals surface area contributed by atoms with E-state index in [2.05, 4.69) is 11.1 Å². The number of benzene rings is 1. The van der Waals surface area contributed by atoms with Crippen LogP contribution in [0.5, 0.6) is 0 Å². The van der Waals surface area contributed by atoms with Gasteiger partial charge < -0.3 is 14.4 Å². The number of carbonyl (C=O) groups is 2. The van der Waals surface area contributed by atoms with Crippen LogP contribution in [0.4, 0.5) is 4.79 Å². The van der Waals surface area contributed by atoms with Gasteiger partial charge in [-0.05, 0) is 82.4 Å². The number of fused-ring (bicyclic) bond motifs is 1. The third kappa shape index (κ3) is 4.83. The van der Waals surface area contributed by atoms with Crippen LogP contribution >= 0.6 is 0 Å². The average Bonchev–Trinajstić information content (AvgIpc) is 3.53. The molecule has 3 aromatic heterocycles. The summed E-state index contributed by atoms with van der Waals surface area (Å²) < 4.78 is 34.5. The van der Waals surface area contributed by atoms with Crippen molar-refractivity contribution in [3.63, 3.8) is 0 Å². The number of pyridine rings is 1. The van der Waals surface area contributed by atoms with E-state index in [1.54, 1.807) is 36.5 Å². The van der Waals surface area contributed by atoms with E-state index in [-0.39, 0.29) is 16.6 Å². The van der Waals surface area contributed by atoms with Crippen LogP contribution in [0.25, 0.3) is 27.9 Å². The number of carbonyl (C=O) groups excluding carboxylic acids is 1. The fourth-order valence-electron chi connectivity index (χ4n) is 5.46. The Morgan fingerprint density at radius 3 is 2.52 bits per heavy atom. The van der Waals surface area contributed by atoms with Gasteiger partial charge in [0.2, 0.25) is 0 Å². The Morgan fingerprint density at radius 1 is 1.18 bits per heavy atom. The Bertz CT molecular complexity index is 1740. The van der Waals surface area contributed by atoms with Gasteiger partial charge in [-0.25, -0.2) is 22.2 Å². The fraction of sp³-hybridized carbons (Fsp3) is 0.300. The Balaban J connectivity index is 1.71. The summed E-state index contributed by atoms with van der Waals surface area (Å²) in [6.07, 6.45) is 7.91. The van der Waals surface area contributed by atoms with Gasteiger partial charge in [0.15, 0.2) is 11.9 Å². The molecule has 40 heavy (non-hydrogen) atoms. The topological polar surface area (TPSA) is 123 Å². The molecule has 1 aromatic carbocycles. The molecule has 9 nitrogen and oxygen atoms in total. The molecule has 10 heteroatoms. The Labute approximate surface area is 232 Å². The van der Waals surface area contributed by atoms with Gasteiger partial charge in [-0.3, -0.25) is 4.79 Å². The highest BCUT2D eigenvalue weighted by Crippen LogP contribution is 2.41. The second-order valence-corrected chi connectivity index (χ2v) is 12.9. The average molecular weight is 562 g/mol. The summed E-state index contributed by atoms with van der Waals surface area (Å²) in [5, 5.41) is 10.6. The molecule has 1 amide bonds. The number of hydrogen-bond acceptors (Lipinski definition) is 6. The van der Waals surface area contributed by atoms with Crippen molar-refractivity contribution < 1.29 is 27.5 Å². The second-order valence-electron chi connectivity index (χ2n) is 11.1. The lowest BCUT2D eigenvalue weighted by Gasteiger charge is -2.41. The third-order valence-corrected chi connectivity index (χ3v) is 8.90. The van der Waals surface area contributed by atoms with E-state index in [0.29, 0.717) is 47.8 Å². The molecular formula is C30H31N3O6S. The lowest BCUT2D eigenvalue weighted by atomic mass is 9.86. The number of aromatic nitrogens is 2. The monoisotopic (exact) mass is 561 g/mol. The summed E-state index contributed by atoms with van der Waals surface area (Å²) in [6.45, 7) is 7.50. The SMILES string of the molecule is Cc1ccc(S(=O)(=O)n2cc(-c3cc(C=O)co3)c3c(C4=CCCC(N(C(=O)O)C(C)(C)C)C4)ccnc32)cc1. The summed E-state index contributed by atoms with van der Waals surface area (Å²) in [7, 11) is -4.03. The minimum Gasteiger partial charge on any atom is -0.465 e. The summed E-state index contributed by atoms with van der Waals surface area (Å²) in [5.41, 5.74) is 2.98. The highest BCUT2D eigenvalue weighted by molar-refractivity contribution is 7.90. The van der Waals surface area contributed by atoms with Crippen molar-refractivity contribution in [3.05, 3.63) is 77.8 Å². The molecule has 1 aliphatic carbocycles. The molecule has 0 spiro atoms. The maximum absolute atomic E-state index is 13.8. The lowest BCUT2D eigenvalue weighted by molar-refractivity contribution is 0.0679. The zero-order valence-electron chi connectivity index (χ0n) is 22.8. The molecule has 0 fully saturated rings. The van der Waals surface area contributed by atoms with Crippen molar-refractivity contribution in [1.82, 2.24) is 13.9 Å². The number of allylic oxidation sites excluding steroid dienone is 1. The first-order chi connectivity index (χ1) is 18.9. The molecule has 208 valence electrons. The van der Waals surface area contributed by atoms with Gasteiger partial charge in [-0.2, -0.15) is 0 Å². The maximum atomic E-state index is 13.8. The molecule has 0 aliphatic heterocycles. The molecule has 4 aromatic rings. The summed E-state index contributed by atoms with van der Waals surface area (Å²) >= 11 is 0. The highest BCUT2D eigenvalue weighted by atomic mass is 32.2. The van der Waals surface area contributed by atoms with Crippen molar-refractivity contribution in [3.8, 4) is 11.3 Å². The van der Waals surface area contributed by atoms with E-state index in [0.717, 1.165) is 20.7 Å². The molecule has 5 rings (SSSR count). The number of aryl methyl sites for hydroxylation is 1. The van der Waals surface area contributed by atoms with Crippen LogP contribution in [0.1, 0.15) is 61.5 Å². The van der Waals surface area contributed by atoms with Crippen molar-refractivity contribution in [1.29, 1.82) is 0 Å². The Hall–Kier alpha value is -4.18. The number of carboxylic acid groups (broad SMARTS) is 1. The molecule has 0 saturated carbocycles. The van der Waals surface area contributed by atoms with E-state index in [1.807, 2.05) is 33.8 Å². The largest absolute Gasteiger partial charge is 0.465 e. The minimum absolute atomic E-state index is 0.112. The minimum atomic E-state index is -4.03. The molecule has 1 aliphatic rings. The van der Waals surface area contributed by atoms with Gasteiger partial charge in [-0.1, -0.05) is 23.8 Å². The Kier molecular flexibility index (Phi) is 6.91. The van der Waals surface area contributed by atoms with E-state index in [4.69, 9.17) is 4.42 Å². The van der Waals surface area contributed by atoms with E-state index < -0.39 is 21.7 Å². The molecule has 0 bridgehead atoms. The van der Waals surface area contributed by atoms with Crippen LogP contribution in [0.2, 0.25) is 0 Å². The molecule has 0 saturated heterocycles. The molecule has 3 heterocycles. The van der Waals surface area contributed by atoms with Gasteiger partial charge in [0, 0.05) is 34.9 Å². The van der Waals surface area contributed by atoms with E-state index >= 15 is 0 Å². The lowest BCUT2D eigenvalue weighted by Crippen LogP contribution is -2.51. The van der Waals surface area contributed by atoms with Crippen molar-refractivity contribution >= 4 is 39.0 Å². The van der Waals surface area contributed by atoms with Crippen LogP contribution in [0, 0.1) is 6.92 Å². The molecule has 1 unspecified atom stereocenters. The predicted octanol–water partition coefficient (Wildman–Crippen LogP) is 6.37. The third-order valence-electron chi connectivity index (χ3n) is 7.24. The Morgan fingerprint density at radius 2 is 1.90 bits per heavy atom. The standard InChI is InChI=1S/C30H31N3O6S/c1-19-8-10-23(11-9-19)40(37,38)32-16-25(26-14-20(17-34)18-39-26)27-24(12-13-31-28(27)32)21-6-5-7-22(15-21)33(29(35)36)30(2,3)4/h6,8-14,16-18,22H,5,7,15H2,1-4H3,(H,35,36). The van der Waals surface area contributed by atoms with Crippen molar-refractivity contribution in [2.75, 3.05) is 0 Å².